The van der Waals surface area contributed by atoms with Crippen LogP contribution in [0.4, 0.5) is 18.9 Å². The number of halogens is 3. The lowest BCUT2D eigenvalue weighted by Crippen LogP contribution is -2.19. The van der Waals surface area contributed by atoms with Crippen molar-refractivity contribution in [1.82, 2.24) is 0 Å². The average molecular weight is 216 g/mol. The highest BCUT2D eigenvalue weighted by atomic mass is 19.4. The second-order valence-corrected chi connectivity index (χ2v) is 3.23. The van der Waals surface area contributed by atoms with Crippen molar-refractivity contribution < 1.29 is 18.0 Å². The third kappa shape index (κ3) is 1.46. The van der Waals surface area contributed by atoms with E-state index < -0.39 is 23.7 Å². The molecular formula is C9H7F3N2O. The van der Waals surface area contributed by atoms with Crippen molar-refractivity contribution in [1.29, 1.82) is 0 Å². The number of fused-ring (bicyclic) bond motifs is 1. The third-order valence-corrected chi connectivity index (χ3v) is 2.27. The van der Waals surface area contributed by atoms with Crippen molar-refractivity contribution in [2.45, 2.75) is 12.2 Å². The van der Waals surface area contributed by atoms with Crippen LogP contribution in [0.3, 0.4) is 0 Å². The number of carbonyl (C=O) groups excluding carboxylic acids is 1. The van der Waals surface area contributed by atoms with Crippen LogP contribution in [0.2, 0.25) is 0 Å². The van der Waals surface area contributed by atoms with E-state index in [0.717, 1.165) is 6.07 Å². The summed E-state index contributed by atoms with van der Waals surface area (Å²) in [5, 5.41) is 2.14. The molecule has 0 saturated heterocycles. The number of hydrogen-bond donors (Lipinski definition) is 2. The number of nitrogens with two attached hydrogens (primary N) is 1. The zero-order chi connectivity index (χ0) is 11.2. The van der Waals surface area contributed by atoms with Gasteiger partial charge in [0, 0.05) is 5.56 Å². The summed E-state index contributed by atoms with van der Waals surface area (Å²) in [5.41, 5.74) is 4.53. The van der Waals surface area contributed by atoms with Crippen molar-refractivity contribution in [3.63, 3.8) is 0 Å². The van der Waals surface area contributed by atoms with E-state index in [-0.39, 0.29) is 11.3 Å². The first kappa shape index (κ1) is 9.97. The molecule has 0 fully saturated rings. The lowest BCUT2D eigenvalue weighted by atomic mass is 10.0. The van der Waals surface area contributed by atoms with Gasteiger partial charge >= 0.3 is 6.18 Å². The maximum Gasteiger partial charge on any atom is 0.418 e. The maximum absolute atomic E-state index is 12.5. The van der Waals surface area contributed by atoms with E-state index in [2.05, 4.69) is 5.32 Å². The normalized spacial score (nSPS) is 20.0. The molecule has 15 heavy (non-hydrogen) atoms. The molecule has 1 aromatic carbocycles. The van der Waals surface area contributed by atoms with Gasteiger partial charge in [-0.25, -0.2) is 0 Å². The minimum Gasteiger partial charge on any atom is -0.324 e. The molecule has 1 heterocycles. The Kier molecular flexibility index (Phi) is 1.97. The zero-order valence-electron chi connectivity index (χ0n) is 7.43. The first-order chi connectivity index (χ1) is 6.91. The van der Waals surface area contributed by atoms with Crippen LogP contribution >= 0.6 is 0 Å². The lowest BCUT2D eigenvalue weighted by Gasteiger charge is -2.11. The van der Waals surface area contributed by atoms with E-state index >= 15 is 0 Å². The van der Waals surface area contributed by atoms with Gasteiger partial charge in [0.05, 0.1) is 11.3 Å². The fraction of sp³-hybridized carbons (Fsp3) is 0.222. The number of anilines is 1. The number of para-hydroxylation sites is 1. The van der Waals surface area contributed by atoms with Crippen LogP contribution in [0.15, 0.2) is 18.2 Å². The summed E-state index contributed by atoms with van der Waals surface area (Å²) in [6.45, 7) is 0. The molecule has 0 spiro atoms. The number of benzene rings is 1. The molecule has 0 aliphatic carbocycles. The summed E-state index contributed by atoms with van der Waals surface area (Å²) in [7, 11) is 0. The van der Waals surface area contributed by atoms with Gasteiger partial charge in [0.1, 0.15) is 6.04 Å². The highest BCUT2D eigenvalue weighted by Gasteiger charge is 2.39. The van der Waals surface area contributed by atoms with Crippen molar-refractivity contribution in [2.75, 3.05) is 5.32 Å². The summed E-state index contributed by atoms with van der Waals surface area (Å²) in [6.07, 6.45) is -4.48. The van der Waals surface area contributed by atoms with Crippen LogP contribution in [-0.4, -0.2) is 5.91 Å². The number of carbonyl (C=O) groups is 1. The Labute approximate surface area is 83.1 Å². The van der Waals surface area contributed by atoms with Crippen LogP contribution in [0.25, 0.3) is 0 Å². The first-order valence-electron chi connectivity index (χ1n) is 4.18. The summed E-state index contributed by atoms with van der Waals surface area (Å²) >= 11 is 0. The largest absolute Gasteiger partial charge is 0.418 e. The van der Waals surface area contributed by atoms with Gasteiger partial charge in [0.15, 0.2) is 0 Å². The second-order valence-electron chi connectivity index (χ2n) is 3.23. The number of amides is 1. The summed E-state index contributed by atoms with van der Waals surface area (Å²) in [5.74, 6) is -0.610. The molecule has 0 saturated carbocycles. The van der Waals surface area contributed by atoms with Gasteiger partial charge in [-0.1, -0.05) is 12.1 Å². The molecule has 1 aromatic rings. The molecule has 0 bridgehead atoms. The Morgan fingerprint density at radius 2 is 2.00 bits per heavy atom. The maximum atomic E-state index is 12.5. The van der Waals surface area contributed by atoms with Gasteiger partial charge in [0.2, 0.25) is 5.91 Å². The van der Waals surface area contributed by atoms with Crippen LogP contribution in [0.5, 0.6) is 0 Å². The van der Waals surface area contributed by atoms with E-state index in [1.54, 1.807) is 0 Å². The Morgan fingerprint density at radius 3 is 2.60 bits per heavy atom. The summed E-state index contributed by atoms with van der Waals surface area (Å²) in [4.78, 5) is 11.1. The van der Waals surface area contributed by atoms with Gasteiger partial charge in [-0.15, -0.1) is 0 Å². The monoisotopic (exact) mass is 216 g/mol. The predicted octanol–water partition coefficient (Wildman–Crippen LogP) is 1.66. The van der Waals surface area contributed by atoms with Crippen LogP contribution in [-0.2, 0) is 11.0 Å². The zero-order valence-corrected chi connectivity index (χ0v) is 7.43. The molecule has 3 nitrogen and oxygen atoms in total. The number of rotatable bonds is 0. The number of nitrogens with one attached hydrogen (secondary N) is 1. The van der Waals surface area contributed by atoms with Gasteiger partial charge in [0.25, 0.3) is 0 Å². The fourth-order valence-electron chi connectivity index (χ4n) is 1.55. The summed E-state index contributed by atoms with van der Waals surface area (Å²) in [6, 6.07) is 2.55. The lowest BCUT2D eigenvalue weighted by molar-refractivity contribution is -0.136. The topological polar surface area (TPSA) is 55.1 Å². The number of alkyl halides is 3. The van der Waals surface area contributed by atoms with Crippen molar-refractivity contribution in [3.8, 4) is 0 Å². The van der Waals surface area contributed by atoms with Gasteiger partial charge < -0.3 is 11.1 Å². The minimum absolute atomic E-state index is 0.190. The SMILES string of the molecule is N[C@@H]1C(=O)Nc2c1cccc2C(F)(F)F. The quantitative estimate of drug-likeness (QED) is 0.692. The molecule has 6 heteroatoms. The molecule has 2 rings (SSSR count). The molecule has 0 radical (unpaired) electrons. The van der Waals surface area contributed by atoms with Crippen molar-refractivity contribution in [3.05, 3.63) is 29.3 Å². The Balaban J connectivity index is 2.60. The first-order valence-corrected chi connectivity index (χ1v) is 4.18. The van der Waals surface area contributed by atoms with Crippen LogP contribution < -0.4 is 11.1 Å². The molecule has 1 aliphatic heterocycles. The molecule has 0 unspecified atom stereocenters. The van der Waals surface area contributed by atoms with Gasteiger partial charge in [-0.05, 0) is 6.07 Å². The molecular weight excluding hydrogens is 209 g/mol. The van der Waals surface area contributed by atoms with Gasteiger partial charge in [-0.3, -0.25) is 4.79 Å². The van der Waals surface area contributed by atoms with Gasteiger partial charge in [-0.2, -0.15) is 13.2 Å². The molecule has 1 amide bonds. The third-order valence-electron chi connectivity index (χ3n) is 2.27. The average Bonchev–Trinajstić information content (AvgIpc) is 2.41. The Hall–Kier alpha value is -1.56. The van der Waals surface area contributed by atoms with Crippen LogP contribution in [0, 0.1) is 0 Å². The second kappa shape index (κ2) is 2.96. The predicted molar refractivity (Wildman–Crippen MR) is 47.0 cm³/mol. The standard InChI is InChI=1S/C9H7F3N2O/c10-9(11,12)5-3-1-2-4-6(13)8(15)14-7(4)5/h1-3,6H,13H2,(H,14,15)/t6-/m0/s1. The fourth-order valence-corrected chi connectivity index (χ4v) is 1.55. The van der Waals surface area contributed by atoms with E-state index in [1.807, 2.05) is 0 Å². The summed E-state index contributed by atoms with van der Waals surface area (Å²) < 4.78 is 37.5. The van der Waals surface area contributed by atoms with E-state index in [1.165, 1.54) is 12.1 Å². The highest BCUT2D eigenvalue weighted by molar-refractivity contribution is 6.03. The highest BCUT2D eigenvalue weighted by Crippen LogP contribution is 2.40. The molecule has 1 aliphatic rings. The van der Waals surface area contributed by atoms with Crippen LogP contribution in [0.1, 0.15) is 17.2 Å². The molecule has 0 aromatic heterocycles. The minimum atomic E-state index is -4.48. The molecule has 3 N–H and O–H groups in total. The number of hydrogen-bond acceptors (Lipinski definition) is 2. The Bertz CT molecular complexity index is 428. The van der Waals surface area contributed by atoms with E-state index in [0.29, 0.717) is 0 Å². The molecule has 80 valence electrons. The molecule has 1 atom stereocenters. The van der Waals surface area contributed by atoms with Crippen molar-refractivity contribution in [2.24, 2.45) is 5.73 Å². The smallest absolute Gasteiger partial charge is 0.324 e. The van der Waals surface area contributed by atoms with E-state index in [4.69, 9.17) is 5.73 Å². The Morgan fingerprint density at radius 1 is 1.33 bits per heavy atom. The van der Waals surface area contributed by atoms with E-state index in [9.17, 15) is 18.0 Å². The van der Waals surface area contributed by atoms with Crippen molar-refractivity contribution >= 4 is 11.6 Å².